The van der Waals surface area contributed by atoms with Crippen LogP contribution in [0.5, 0.6) is 0 Å². The molecule has 0 aliphatic carbocycles. The Balaban J connectivity index is 1.79. The second kappa shape index (κ2) is 6.81. The van der Waals surface area contributed by atoms with Gasteiger partial charge in [0.05, 0.1) is 10.7 Å². The Morgan fingerprint density at radius 3 is 2.48 bits per heavy atom. The van der Waals surface area contributed by atoms with Crippen LogP contribution < -0.4 is 10.6 Å². The molecule has 116 valence electrons. The van der Waals surface area contributed by atoms with Gasteiger partial charge in [0, 0.05) is 16.9 Å². The first-order chi connectivity index (χ1) is 11.1. The Kier molecular flexibility index (Phi) is 4.60. The van der Waals surface area contributed by atoms with Gasteiger partial charge in [-0.15, -0.1) is 0 Å². The lowest BCUT2D eigenvalue weighted by Crippen LogP contribution is -2.00. The molecule has 0 bridgehead atoms. The molecule has 0 amide bonds. The number of rotatable bonds is 4. The summed E-state index contributed by atoms with van der Waals surface area (Å²) in [6.07, 6.45) is 1.60. The Morgan fingerprint density at radius 1 is 0.913 bits per heavy atom. The molecule has 2 aromatic carbocycles. The Morgan fingerprint density at radius 2 is 1.70 bits per heavy atom. The summed E-state index contributed by atoms with van der Waals surface area (Å²) in [5, 5.41) is 7.17. The highest BCUT2D eigenvalue weighted by Gasteiger charge is 2.05. The summed E-state index contributed by atoms with van der Waals surface area (Å²) in [5.74, 6) is 0.621. The summed E-state index contributed by atoms with van der Waals surface area (Å²) in [5.41, 5.74) is 1.33. The SMILES string of the molecule is Fc1ccc(Nc2nccc(Nc3cc(Cl)ccc3Cl)n2)cc1. The van der Waals surface area contributed by atoms with Crippen molar-refractivity contribution < 1.29 is 4.39 Å². The van der Waals surface area contributed by atoms with Gasteiger partial charge in [0.15, 0.2) is 0 Å². The van der Waals surface area contributed by atoms with E-state index in [0.29, 0.717) is 33.2 Å². The molecular formula is C16H11Cl2FN4. The van der Waals surface area contributed by atoms with Crippen LogP contribution in [0.1, 0.15) is 0 Å². The van der Waals surface area contributed by atoms with Crippen molar-refractivity contribution in [3.8, 4) is 0 Å². The summed E-state index contributed by atoms with van der Waals surface area (Å²) in [7, 11) is 0. The van der Waals surface area contributed by atoms with E-state index in [1.165, 1.54) is 12.1 Å². The first-order valence-electron chi connectivity index (χ1n) is 6.68. The quantitative estimate of drug-likeness (QED) is 0.661. The lowest BCUT2D eigenvalue weighted by Gasteiger charge is -2.10. The van der Waals surface area contributed by atoms with E-state index < -0.39 is 0 Å². The van der Waals surface area contributed by atoms with E-state index in [0.717, 1.165) is 0 Å². The van der Waals surface area contributed by atoms with E-state index in [2.05, 4.69) is 20.6 Å². The van der Waals surface area contributed by atoms with Gasteiger partial charge in [-0.1, -0.05) is 23.2 Å². The first kappa shape index (κ1) is 15.5. The van der Waals surface area contributed by atoms with E-state index in [-0.39, 0.29) is 5.82 Å². The number of hydrogen-bond donors (Lipinski definition) is 2. The van der Waals surface area contributed by atoms with Crippen LogP contribution >= 0.6 is 23.2 Å². The van der Waals surface area contributed by atoms with Gasteiger partial charge in [0.2, 0.25) is 5.95 Å². The molecule has 4 nitrogen and oxygen atoms in total. The van der Waals surface area contributed by atoms with Crippen molar-refractivity contribution in [1.82, 2.24) is 9.97 Å². The fourth-order valence-corrected chi connectivity index (χ4v) is 2.22. The zero-order valence-electron chi connectivity index (χ0n) is 11.7. The zero-order valence-corrected chi connectivity index (χ0v) is 13.2. The van der Waals surface area contributed by atoms with E-state index >= 15 is 0 Å². The van der Waals surface area contributed by atoms with Crippen molar-refractivity contribution in [1.29, 1.82) is 0 Å². The molecule has 0 aliphatic heterocycles. The van der Waals surface area contributed by atoms with Crippen LogP contribution in [0.3, 0.4) is 0 Å². The number of nitrogens with zero attached hydrogens (tertiary/aromatic N) is 2. The highest BCUT2D eigenvalue weighted by Crippen LogP contribution is 2.28. The first-order valence-corrected chi connectivity index (χ1v) is 7.43. The molecular weight excluding hydrogens is 338 g/mol. The minimum absolute atomic E-state index is 0.303. The van der Waals surface area contributed by atoms with Gasteiger partial charge in [-0.05, 0) is 48.5 Å². The molecule has 3 aromatic rings. The molecule has 2 N–H and O–H groups in total. The van der Waals surface area contributed by atoms with E-state index in [1.54, 1.807) is 42.6 Å². The van der Waals surface area contributed by atoms with Gasteiger partial charge in [0.1, 0.15) is 11.6 Å². The fourth-order valence-electron chi connectivity index (χ4n) is 1.88. The number of halogens is 3. The van der Waals surface area contributed by atoms with Crippen molar-refractivity contribution in [2.45, 2.75) is 0 Å². The smallest absolute Gasteiger partial charge is 0.229 e. The molecule has 1 heterocycles. The van der Waals surface area contributed by atoms with Gasteiger partial charge in [0.25, 0.3) is 0 Å². The van der Waals surface area contributed by atoms with Crippen molar-refractivity contribution in [3.63, 3.8) is 0 Å². The van der Waals surface area contributed by atoms with Gasteiger partial charge >= 0.3 is 0 Å². The predicted octanol–water partition coefficient (Wildman–Crippen LogP) is 5.41. The molecule has 0 fully saturated rings. The zero-order chi connectivity index (χ0) is 16.2. The van der Waals surface area contributed by atoms with Crippen molar-refractivity contribution in [3.05, 3.63) is 70.6 Å². The predicted molar refractivity (Wildman–Crippen MR) is 91.5 cm³/mol. The molecule has 3 rings (SSSR count). The van der Waals surface area contributed by atoms with Crippen LogP contribution in [0.15, 0.2) is 54.7 Å². The maximum Gasteiger partial charge on any atom is 0.229 e. The van der Waals surface area contributed by atoms with E-state index in [9.17, 15) is 4.39 Å². The molecule has 23 heavy (non-hydrogen) atoms. The monoisotopic (exact) mass is 348 g/mol. The van der Waals surface area contributed by atoms with Crippen LogP contribution in [-0.4, -0.2) is 9.97 Å². The number of hydrogen-bond acceptors (Lipinski definition) is 4. The average Bonchev–Trinajstić information content (AvgIpc) is 2.54. The summed E-state index contributed by atoms with van der Waals surface area (Å²) >= 11 is 12.1. The standard InChI is InChI=1S/C16H11Cl2FN4/c17-10-1-6-13(18)14(9-10)22-15-7-8-20-16(23-15)21-12-4-2-11(19)3-5-12/h1-9H,(H2,20,21,22,23). The third-order valence-electron chi connectivity index (χ3n) is 2.95. The molecule has 7 heteroatoms. The number of benzene rings is 2. The maximum absolute atomic E-state index is 12.9. The normalized spacial score (nSPS) is 10.4. The summed E-state index contributed by atoms with van der Waals surface area (Å²) in [6.45, 7) is 0. The lowest BCUT2D eigenvalue weighted by molar-refractivity contribution is 0.628. The molecule has 0 atom stereocenters. The van der Waals surface area contributed by atoms with Gasteiger partial charge in [-0.25, -0.2) is 9.37 Å². The lowest BCUT2D eigenvalue weighted by atomic mass is 10.3. The summed E-state index contributed by atoms with van der Waals surface area (Å²) in [4.78, 5) is 8.45. The van der Waals surface area contributed by atoms with Crippen molar-refractivity contribution in [2.75, 3.05) is 10.6 Å². The molecule has 1 aromatic heterocycles. The summed E-state index contributed by atoms with van der Waals surface area (Å²) < 4.78 is 12.9. The number of anilines is 4. The number of nitrogens with one attached hydrogen (secondary N) is 2. The highest BCUT2D eigenvalue weighted by molar-refractivity contribution is 6.35. The Hall–Kier alpha value is -2.37. The van der Waals surface area contributed by atoms with Crippen molar-refractivity contribution in [2.24, 2.45) is 0 Å². The van der Waals surface area contributed by atoms with Crippen LogP contribution in [0.4, 0.5) is 27.5 Å². The molecule has 0 spiro atoms. The highest BCUT2D eigenvalue weighted by atomic mass is 35.5. The molecule has 0 aliphatic rings. The molecule has 0 saturated carbocycles. The molecule has 0 radical (unpaired) electrons. The third-order valence-corrected chi connectivity index (χ3v) is 3.51. The van der Waals surface area contributed by atoms with Crippen LogP contribution in [0.2, 0.25) is 10.0 Å². The van der Waals surface area contributed by atoms with Crippen LogP contribution in [0, 0.1) is 5.82 Å². The second-order valence-corrected chi connectivity index (χ2v) is 5.49. The van der Waals surface area contributed by atoms with E-state index in [1.807, 2.05) is 0 Å². The minimum Gasteiger partial charge on any atom is -0.339 e. The van der Waals surface area contributed by atoms with E-state index in [4.69, 9.17) is 23.2 Å². The van der Waals surface area contributed by atoms with Gasteiger partial charge < -0.3 is 10.6 Å². The van der Waals surface area contributed by atoms with Gasteiger partial charge in [-0.2, -0.15) is 4.98 Å². The van der Waals surface area contributed by atoms with Crippen molar-refractivity contribution >= 4 is 46.3 Å². The minimum atomic E-state index is -0.303. The summed E-state index contributed by atoms with van der Waals surface area (Å²) in [6, 6.07) is 12.7. The second-order valence-electron chi connectivity index (χ2n) is 4.65. The molecule has 0 saturated heterocycles. The van der Waals surface area contributed by atoms with Crippen LogP contribution in [0.25, 0.3) is 0 Å². The Bertz CT molecular complexity index is 825. The maximum atomic E-state index is 12.9. The molecule has 0 unspecified atom stereocenters. The average molecular weight is 349 g/mol. The topological polar surface area (TPSA) is 49.8 Å². The third kappa shape index (κ3) is 4.09. The number of aromatic nitrogens is 2. The van der Waals surface area contributed by atoms with Crippen LogP contribution in [-0.2, 0) is 0 Å². The Labute approximate surface area is 142 Å². The largest absolute Gasteiger partial charge is 0.339 e. The fraction of sp³-hybridized carbons (Fsp3) is 0. The van der Waals surface area contributed by atoms with Gasteiger partial charge in [-0.3, -0.25) is 0 Å².